The second-order valence-electron chi connectivity index (χ2n) is 4.85. The minimum Gasteiger partial charge on any atom is -0.385 e. The Morgan fingerprint density at radius 1 is 1.00 bits per heavy atom. The van der Waals surface area contributed by atoms with Gasteiger partial charge in [-0.25, -0.2) is 0 Å². The normalized spacial score (nSPS) is 10.6. The van der Waals surface area contributed by atoms with Crippen LogP contribution in [-0.4, -0.2) is 6.54 Å². The summed E-state index contributed by atoms with van der Waals surface area (Å²) in [6.45, 7) is 5.57. The maximum atomic E-state index is 3.56. The third-order valence-corrected chi connectivity index (χ3v) is 3.79. The Morgan fingerprint density at radius 2 is 1.72 bits per heavy atom. The Labute approximate surface area is 120 Å². The lowest BCUT2D eigenvalue weighted by atomic mass is 10.1. The molecule has 18 heavy (non-hydrogen) atoms. The molecule has 0 radical (unpaired) electrons. The van der Waals surface area contributed by atoms with Gasteiger partial charge in [0.1, 0.15) is 0 Å². The smallest absolute Gasteiger partial charge is 0.0373 e. The highest BCUT2D eigenvalue weighted by molar-refractivity contribution is 9.10. The molecule has 1 rings (SSSR count). The molecule has 0 aromatic heterocycles. The molecule has 0 aliphatic carbocycles. The van der Waals surface area contributed by atoms with E-state index in [2.05, 4.69) is 53.3 Å². The molecule has 0 heterocycles. The summed E-state index contributed by atoms with van der Waals surface area (Å²) >= 11 is 3.53. The average Bonchev–Trinajstić information content (AvgIpc) is 2.39. The molecule has 0 unspecified atom stereocenters. The third-order valence-electron chi connectivity index (χ3n) is 3.29. The molecule has 0 bridgehead atoms. The Balaban J connectivity index is 2.22. The molecule has 0 fully saturated rings. The molecule has 0 saturated heterocycles. The summed E-state index contributed by atoms with van der Waals surface area (Å²) in [7, 11) is 0. The maximum Gasteiger partial charge on any atom is 0.0373 e. The van der Waals surface area contributed by atoms with Crippen LogP contribution in [-0.2, 0) is 6.42 Å². The number of anilines is 1. The van der Waals surface area contributed by atoms with Crippen LogP contribution in [0.1, 0.15) is 57.9 Å². The number of benzene rings is 1. The van der Waals surface area contributed by atoms with E-state index < -0.39 is 0 Å². The lowest BCUT2D eigenvalue weighted by molar-refractivity contribution is 0.617. The molecule has 0 aliphatic rings. The first-order valence-electron chi connectivity index (χ1n) is 7.30. The number of halogens is 1. The van der Waals surface area contributed by atoms with Gasteiger partial charge in [0.2, 0.25) is 0 Å². The molecule has 2 heteroatoms. The summed E-state index contributed by atoms with van der Waals surface area (Å²) in [6.07, 6.45) is 9.22. The molecular formula is C16H26BrN. The first-order chi connectivity index (χ1) is 8.77. The van der Waals surface area contributed by atoms with Crippen LogP contribution in [0.25, 0.3) is 0 Å². The van der Waals surface area contributed by atoms with Crippen LogP contribution in [0.2, 0.25) is 0 Å². The van der Waals surface area contributed by atoms with Crippen LogP contribution in [0.3, 0.4) is 0 Å². The minimum absolute atomic E-state index is 1.08. The van der Waals surface area contributed by atoms with Crippen LogP contribution < -0.4 is 5.32 Å². The van der Waals surface area contributed by atoms with Gasteiger partial charge in [-0.3, -0.25) is 0 Å². The number of unbranched alkanes of at least 4 members (excludes halogenated alkanes) is 5. The van der Waals surface area contributed by atoms with E-state index in [0.29, 0.717) is 0 Å². The van der Waals surface area contributed by atoms with Gasteiger partial charge in [0.15, 0.2) is 0 Å². The quantitative estimate of drug-likeness (QED) is 0.570. The number of aryl methyl sites for hydroxylation is 1. The van der Waals surface area contributed by atoms with Crippen molar-refractivity contribution in [2.24, 2.45) is 0 Å². The number of rotatable bonds is 9. The van der Waals surface area contributed by atoms with E-state index >= 15 is 0 Å². The lowest BCUT2D eigenvalue weighted by Crippen LogP contribution is -2.03. The average molecular weight is 312 g/mol. The largest absolute Gasteiger partial charge is 0.385 e. The van der Waals surface area contributed by atoms with Gasteiger partial charge in [-0.15, -0.1) is 0 Å². The molecule has 1 nitrogen and oxygen atoms in total. The number of hydrogen-bond acceptors (Lipinski definition) is 1. The van der Waals surface area contributed by atoms with Crippen LogP contribution in [0, 0.1) is 0 Å². The van der Waals surface area contributed by atoms with E-state index in [-0.39, 0.29) is 0 Å². The first-order valence-corrected chi connectivity index (χ1v) is 8.09. The zero-order chi connectivity index (χ0) is 13.2. The zero-order valence-corrected chi connectivity index (χ0v) is 13.4. The summed E-state index contributed by atoms with van der Waals surface area (Å²) < 4.78 is 1.17. The van der Waals surface area contributed by atoms with Crippen molar-refractivity contribution in [3.8, 4) is 0 Å². The summed E-state index contributed by atoms with van der Waals surface area (Å²) in [4.78, 5) is 0. The van der Waals surface area contributed by atoms with Gasteiger partial charge in [0, 0.05) is 16.7 Å². The van der Waals surface area contributed by atoms with Crippen molar-refractivity contribution < 1.29 is 0 Å². The van der Waals surface area contributed by atoms with Crippen molar-refractivity contribution in [1.29, 1.82) is 0 Å². The summed E-state index contributed by atoms with van der Waals surface area (Å²) in [5.41, 5.74) is 2.70. The van der Waals surface area contributed by atoms with Gasteiger partial charge in [-0.1, -0.05) is 61.9 Å². The predicted molar refractivity (Wildman–Crippen MR) is 85.4 cm³/mol. The summed E-state index contributed by atoms with van der Waals surface area (Å²) in [6, 6.07) is 6.51. The van der Waals surface area contributed by atoms with Crippen molar-refractivity contribution in [1.82, 2.24) is 0 Å². The van der Waals surface area contributed by atoms with E-state index in [0.717, 1.165) is 13.0 Å². The fourth-order valence-corrected chi connectivity index (χ4v) is 2.56. The Bertz CT molecular complexity index is 336. The minimum atomic E-state index is 1.08. The lowest BCUT2D eigenvalue weighted by Gasteiger charge is -2.11. The highest BCUT2D eigenvalue weighted by atomic mass is 79.9. The van der Waals surface area contributed by atoms with E-state index in [1.165, 1.54) is 54.2 Å². The number of nitrogens with one attached hydrogen (secondary N) is 1. The van der Waals surface area contributed by atoms with Crippen molar-refractivity contribution in [3.05, 3.63) is 28.2 Å². The molecule has 0 amide bonds. The Morgan fingerprint density at radius 3 is 2.44 bits per heavy atom. The topological polar surface area (TPSA) is 12.0 Å². The van der Waals surface area contributed by atoms with Gasteiger partial charge in [-0.05, 0) is 36.6 Å². The van der Waals surface area contributed by atoms with Gasteiger partial charge in [0.25, 0.3) is 0 Å². The van der Waals surface area contributed by atoms with Crippen LogP contribution in [0.4, 0.5) is 5.69 Å². The van der Waals surface area contributed by atoms with Gasteiger partial charge < -0.3 is 5.32 Å². The van der Waals surface area contributed by atoms with E-state index in [1.54, 1.807) is 0 Å². The van der Waals surface area contributed by atoms with Gasteiger partial charge >= 0.3 is 0 Å². The molecule has 0 spiro atoms. The highest BCUT2D eigenvalue weighted by Gasteiger charge is 2.00. The van der Waals surface area contributed by atoms with E-state index in [9.17, 15) is 0 Å². The summed E-state index contributed by atoms with van der Waals surface area (Å²) in [5.74, 6) is 0. The Kier molecular flexibility index (Phi) is 8.15. The Hall–Kier alpha value is -0.500. The zero-order valence-electron chi connectivity index (χ0n) is 11.8. The highest BCUT2D eigenvalue weighted by Crippen LogP contribution is 2.21. The van der Waals surface area contributed by atoms with Crippen LogP contribution in [0.5, 0.6) is 0 Å². The second-order valence-corrected chi connectivity index (χ2v) is 5.77. The third kappa shape index (κ3) is 5.90. The van der Waals surface area contributed by atoms with Crippen molar-refractivity contribution in [2.75, 3.05) is 11.9 Å². The van der Waals surface area contributed by atoms with E-state index in [1.807, 2.05) is 0 Å². The van der Waals surface area contributed by atoms with E-state index in [4.69, 9.17) is 0 Å². The van der Waals surface area contributed by atoms with Crippen molar-refractivity contribution in [3.63, 3.8) is 0 Å². The fourth-order valence-electron chi connectivity index (χ4n) is 2.16. The fraction of sp³-hybridized carbons (Fsp3) is 0.625. The standard InChI is InChI=1S/C16H26BrN/c1-3-5-6-7-8-9-12-18-16-11-10-15(17)13-14(16)4-2/h10-11,13,18H,3-9,12H2,1-2H3. The maximum absolute atomic E-state index is 3.56. The second kappa shape index (κ2) is 9.43. The first kappa shape index (κ1) is 15.6. The monoisotopic (exact) mass is 311 g/mol. The van der Waals surface area contributed by atoms with Crippen molar-refractivity contribution >= 4 is 21.6 Å². The molecule has 102 valence electrons. The number of hydrogen-bond donors (Lipinski definition) is 1. The molecular weight excluding hydrogens is 286 g/mol. The van der Waals surface area contributed by atoms with Crippen LogP contribution in [0.15, 0.2) is 22.7 Å². The van der Waals surface area contributed by atoms with Crippen LogP contribution >= 0.6 is 15.9 Å². The van der Waals surface area contributed by atoms with Gasteiger partial charge in [0.05, 0.1) is 0 Å². The molecule has 1 aromatic carbocycles. The van der Waals surface area contributed by atoms with Crippen molar-refractivity contribution in [2.45, 2.75) is 58.8 Å². The molecule has 1 N–H and O–H groups in total. The molecule has 0 aliphatic heterocycles. The molecule has 0 atom stereocenters. The van der Waals surface area contributed by atoms with Gasteiger partial charge in [-0.2, -0.15) is 0 Å². The SMILES string of the molecule is CCCCCCCCNc1ccc(Br)cc1CC. The summed E-state index contributed by atoms with van der Waals surface area (Å²) in [5, 5.41) is 3.56. The molecule has 0 saturated carbocycles. The molecule has 1 aromatic rings. The predicted octanol–water partition coefficient (Wildman–Crippen LogP) is 5.78.